The van der Waals surface area contributed by atoms with E-state index >= 15 is 0 Å². The number of benzene rings is 1. The second kappa shape index (κ2) is 8.91. The summed E-state index contributed by atoms with van der Waals surface area (Å²) in [6.07, 6.45) is 4.82. The van der Waals surface area contributed by atoms with Crippen molar-refractivity contribution in [2.45, 2.75) is 33.7 Å². The van der Waals surface area contributed by atoms with Gasteiger partial charge in [-0.1, -0.05) is 6.92 Å². The third kappa shape index (κ3) is 4.98. The number of carbonyl (C=O) groups excluding carboxylic acids is 1. The molecule has 0 aliphatic carbocycles. The van der Waals surface area contributed by atoms with Gasteiger partial charge in [0.1, 0.15) is 0 Å². The monoisotopic (exact) mass is 329 g/mol. The summed E-state index contributed by atoms with van der Waals surface area (Å²) in [4.78, 5) is 12.2. The summed E-state index contributed by atoms with van der Waals surface area (Å²) in [5.41, 5.74) is 1.94. The minimum Gasteiger partial charge on any atom is -0.490 e. The van der Waals surface area contributed by atoms with E-state index in [1.54, 1.807) is 6.07 Å². The molecular weight excluding hydrogens is 304 g/mol. The van der Waals surface area contributed by atoms with Gasteiger partial charge in [0.15, 0.2) is 23.9 Å². The Labute approximate surface area is 143 Å². The maximum Gasteiger partial charge on any atom is 0.290 e. The molecule has 5 nitrogen and oxygen atoms in total. The molecule has 1 aromatic carbocycles. The summed E-state index contributed by atoms with van der Waals surface area (Å²) in [5.74, 6) is 1.23. The zero-order valence-electron chi connectivity index (χ0n) is 14.5. The SMILES string of the molecule is CCOc1ccc(NC(=O)C[n+]2ccc(CC)cc2)cc1OCC. The van der Waals surface area contributed by atoms with Crippen LogP contribution in [0.15, 0.2) is 42.7 Å². The summed E-state index contributed by atoms with van der Waals surface area (Å²) in [5, 5.41) is 2.89. The first-order valence-electron chi connectivity index (χ1n) is 8.33. The standard InChI is InChI=1S/C19H24N2O3/c1-4-15-9-11-21(12-10-15)14-19(22)20-16-7-8-17(23-5-2)18(13-16)24-6-3/h7-13H,4-6,14H2,1-3H3/p+1. The van der Waals surface area contributed by atoms with Crippen LogP contribution < -0.4 is 19.4 Å². The molecule has 0 radical (unpaired) electrons. The molecule has 0 aliphatic heterocycles. The van der Waals surface area contributed by atoms with Crippen molar-refractivity contribution in [2.75, 3.05) is 18.5 Å². The number of aryl methyl sites for hydroxylation is 1. The number of nitrogens with one attached hydrogen (secondary N) is 1. The van der Waals surface area contributed by atoms with E-state index in [-0.39, 0.29) is 12.5 Å². The fourth-order valence-corrected chi connectivity index (χ4v) is 2.32. The van der Waals surface area contributed by atoms with Crippen LogP contribution in [0.3, 0.4) is 0 Å². The summed E-state index contributed by atoms with van der Waals surface area (Å²) in [7, 11) is 0. The first-order chi connectivity index (χ1) is 11.7. The van der Waals surface area contributed by atoms with Crippen LogP contribution in [-0.2, 0) is 17.8 Å². The molecule has 0 fully saturated rings. The zero-order valence-corrected chi connectivity index (χ0v) is 14.5. The minimum absolute atomic E-state index is 0.0872. The fourth-order valence-electron chi connectivity index (χ4n) is 2.32. The number of hydrogen-bond donors (Lipinski definition) is 1. The quantitative estimate of drug-likeness (QED) is 0.758. The number of aromatic nitrogens is 1. The van der Waals surface area contributed by atoms with E-state index in [0.717, 1.165) is 6.42 Å². The highest BCUT2D eigenvalue weighted by molar-refractivity contribution is 5.90. The third-order valence-electron chi connectivity index (χ3n) is 3.52. The van der Waals surface area contributed by atoms with E-state index in [1.807, 2.05) is 55.1 Å². The van der Waals surface area contributed by atoms with Crippen molar-refractivity contribution in [1.29, 1.82) is 0 Å². The van der Waals surface area contributed by atoms with Gasteiger partial charge in [-0.05, 0) is 38.0 Å². The molecule has 2 aromatic rings. The van der Waals surface area contributed by atoms with Crippen LogP contribution in [0, 0.1) is 0 Å². The van der Waals surface area contributed by atoms with Crippen LogP contribution >= 0.6 is 0 Å². The molecule has 1 aromatic heterocycles. The van der Waals surface area contributed by atoms with Crippen molar-refractivity contribution < 1.29 is 18.8 Å². The Hall–Kier alpha value is -2.56. The smallest absolute Gasteiger partial charge is 0.290 e. The van der Waals surface area contributed by atoms with E-state index in [9.17, 15) is 4.79 Å². The Morgan fingerprint density at radius 2 is 1.67 bits per heavy atom. The second-order valence-electron chi connectivity index (χ2n) is 5.31. The van der Waals surface area contributed by atoms with Gasteiger partial charge in [0, 0.05) is 23.9 Å². The van der Waals surface area contributed by atoms with Gasteiger partial charge in [0.25, 0.3) is 5.91 Å². The molecule has 0 unspecified atom stereocenters. The number of pyridine rings is 1. The number of anilines is 1. The Kier molecular flexibility index (Phi) is 6.61. The van der Waals surface area contributed by atoms with E-state index in [0.29, 0.717) is 30.4 Å². The van der Waals surface area contributed by atoms with Crippen LogP contribution in [0.5, 0.6) is 11.5 Å². The Bertz CT molecular complexity index is 669. The van der Waals surface area contributed by atoms with E-state index < -0.39 is 0 Å². The highest BCUT2D eigenvalue weighted by Gasteiger charge is 2.12. The van der Waals surface area contributed by atoms with Gasteiger partial charge >= 0.3 is 0 Å². The third-order valence-corrected chi connectivity index (χ3v) is 3.52. The van der Waals surface area contributed by atoms with Gasteiger partial charge < -0.3 is 14.8 Å². The molecule has 0 saturated carbocycles. The molecule has 24 heavy (non-hydrogen) atoms. The lowest BCUT2D eigenvalue weighted by molar-refractivity contribution is -0.684. The minimum atomic E-state index is -0.0872. The average molecular weight is 329 g/mol. The molecule has 5 heteroatoms. The molecule has 128 valence electrons. The molecular formula is C19H25N2O3+. The fraction of sp³-hybridized carbons (Fsp3) is 0.368. The largest absolute Gasteiger partial charge is 0.490 e. The number of carbonyl (C=O) groups is 1. The highest BCUT2D eigenvalue weighted by Crippen LogP contribution is 2.30. The lowest BCUT2D eigenvalue weighted by Crippen LogP contribution is -2.39. The molecule has 2 rings (SSSR count). The van der Waals surface area contributed by atoms with Gasteiger partial charge in [-0.3, -0.25) is 4.79 Å². The normalized spacial score (nSPS) is 10.3. The maximum atomic E-state index is 12.2. The molecule has 0 saturated heterocycles. The molecule has 1 heterocycles. The second-order valence-corrected chi connectivity index (χ2v) is 5.31. The predicted molar refractivity (Wildman–Crippen MR) is 93.4 cm³/mol. The van der Waals surface area contributed by atoms with E-state index in [4.69, 9.17) is 9.47 Å². The number of nitrogens with zero attached hydrogens (tertiary/aromatic N) is 1. The Morgan fingerprint density at radius 1 is 1.00 bits per heavy atom. The lowest BCUT2D eigenvalue weighted by atomic mass is 10.2. The topological polar surface area (TPSA) is 51.4 Å². The van der Waals surface area contributed by atoms with E-state index in [1.165, 1.54) is 5.56 Å². The lowest BCUT2D eigenvalue weighted by Gasteiger charge is -2.12. The van der Waals surface area contributed by atoms with Crippen molar-refractivity contribution in [1.82, 2.24) is 0 Å². The summed E-state index contributed by atoms with van der Waals surface area (Å²) in [6, 6.07) is 9.47. The van der Waals surface area contributed by atoms with Gasteiger partial charge in [0.05, 0.1) is 13.2 Å². The molecule has 0 aliphatic rings. The van der Waals surface area contributed by atoms with Gasteiger partial charge in [-0.15, -0.1) is 0 Å². The van der Waals surface area contributed by atoms with Crippen molar-refractivity contribution >= 4 is 11.6 Å². The Balaban J connectivity index is 2.03. The summed E-state index contributed by atoms with van der Waals surface area (Å²) in [6.45, 7) is 7.31. The summed E-state index contributed by atoms with van der Waals surface area (Å²) < 4.78 is 13.0. The van der Waals surface area contributed by atoms with Crippen LogP contribution in [0.2, 0.25) is 0 Å². The number of ether oxygens (including phenoxy) is 2. The van der Waals surface area contributed by atoms with E-state index in [2.05, 4.69) is 12.2 Å². The van der Waals surface area contributed by atoms with Crippen molar-refractivity contribution in [3.8, 4) is 11.5 Å². The van der Waals surface area contributed by atoms with Gasteiger partial charge in [-0.2, -0.15) is 4.57 Å². The molecule has 1 N–H and O–H groups in total. The number of amides is 1. The van der Waals surface area contributed by atoms with Gasteiger partial charge in [0.2, 0.25) is 6.54 Å². The average Bonchev–Trinajstić information content (AvgIpc) is 2.58. The van der Waals surface area contributed by atoms with Crippen LogP contribution in [0.25, 0.3) is 0 Å². The Morgan fingerprint density at radius 3 is 2.29 bits per heavy atom. The van der Waals surface area contributed by atoms with Gasteiger partial charge in [-0.25, -0.2) is 0 Å². The number of rotatable bonds is 8. The van der Waals surface area contributed by atoms with Crippen LogP contribution in [0.1, 0.15) is 26.3 Å². The first-order valence-corrected chi connectivity index (χ1v) is 8.33. The first kappa shape index (κ1) is 17.8. The molecule has 0 atom stereocenters. The van der Waals surface area contributed by atoms with Crippen molar-refractivity contribution in [3.05, 3.63) is 48.3 Å². The van der Waals surface area contributed by atoms with Crippen LogP contribution in [-0.4, -0.2) is 19.1 Å². The molecule has 0 spiro atoms. The maximum absolute atomic E-state index is 12.2. The molecule has 0 bridgehead atoms. The highest BCUT2D eigenvalue weighted by atomic mass is 16.5. The van der Waals surface area contributed by atoms with Crippen molar-refractivity contribution in [2.24, 2.45) is 0 Å². The zero-order chi connectivity index (χ0) is 17.4. The predicted octanol–water partition coefficient (Wildman–Crippen LogP) is 2.97. The molecule has 1 amide bonds. The number of hydrogen-bond acceptors (Lipinski definition) is 3. The van der Waals surface area contributed by atoms with Crippen molar-refractivity contribution in [3.63, 3.8) is 0 Å². The van der Waals surface area contributed by atoms with Crippen LogP contribution in [0.4, 0.5) is 5.69 Å². The summed E-state index contributed by atoms with van der Waals surface area (Å²) >= 11 is 0.